The quantitative estimate of drug-likeness (QED) is 0.417. The molecule has 4 aromatic rings. The van der Waals surface area contributed by atoms with Crippen LogP contribution in [0, 0.1) is 40.2 Å². The summed E-state index contributed by atoms with van der Waals surface area (Å²) in [6.07, 6.45) is 3.10. The Hall–Kier alpha value is -5.10. The van der Waals surface area contributed by atoms with Gasteiger partial charge in [-0.3, -0.25) is 14.3 Å². The molecule has 1 aliphatic heterocycles. The highest BCUT2D eigenvalue weighted by Crippen LogP contribution is 2.30. The van der Waals surface area contributed by atoms with Gasteiger partial charge >= 0.3 is 5.69 Å². The molecule has 0 unspecified atom stereocenters. The summed E-state index contributed by atoms with van der Waals surface area (Å²) in [5.41, 5.74) is -1.62. The maximum Gasteiger partial charge on any atom is 0.340 e. The molecule has 184 valence electrons. The molecule has 1 aliphatic rings. The first-order chi connectivity index (χ1) is 17.9. The Morgan fingerprint density at radius 1 is 1.05 bits per heavy atom. The van der Waals surface area contributed by atoms with Gasteiger partial charge < -0.3 is 9.64 Å². The minimum Gasteiger partial charge on any atom is -0.480 e. The highest BCUT2D eigenvalue weighted by Gasteiger charge is 2.27. The number of hydrogen-bond acceptors (Lipinski definition) is 8. The second-order valence-electron chi connectivity index (χ2n) is 8.35. The van der Waals surface area contributed by atoms with Crippen molar-refractivity contribution in [3.63, 3.8) is 0 Å². The van der Waals surface area contributed by atoms with Crippen LogP contribution in [0.3, 0.4) is 0 Å². The number of fused-ring (bicyclic) bond motifs is 1. The van der Waals surface area contributed by atoms with Crippen LogP contribution >= 0.6 is 0 Å². The average Bonchev–Trinajstić information content (AvgIpc) is 3.39. The Morgan fingerprint density at radius 2 is 1.86 bits per heavy atom. The van der Waals surface area contributed by atoms with E-state index < -0.39 is 22.9 Å². The van der Waals surface area contributed by atoms with Gasteiger partial charge in [0.25, 0.3) is 5.56 Å². The Labute approximate surface area is 207 Å². The number of nitrogens with zero attached hydrogens (tertiary/aromatic N) is 7. The number of methoxy groups -OCH3 is 1. The molecular formula is C25H17F2N7O3. The molecular weight excluding hydrogens is 484 g/mol. The van der Waals surface area contributed by atoms with Crippen LogP contribution in [0.2, 0.25) is 0 Å². The van der Waals surface area contributed by atoms with Gasteiger partial charge in [0.1, 0.15) is 17.3 Å². The molecule has 0 saturated carbocycles. The van der Waals surface area contributed by atoms with Crippen molar-refractivity contribution in [2.45, 2.75) is 6.42 Å². The number of ether oxygens (including phenoxy) is 1. The van der Waals surface area contributed by atoms with Gasteiger partial charge in [-0.05, 0) is 24.6 Å². The van der Waals surface area contributed by atoms with E-state index in [1.165, 1.54) is 37.7 Å². The third kappa shape index (κ3) is 3.94. The monoisotopic (exact) mass is 501 g/mol. The lowest BCUT2D eigenvalue weighted by Gasteiger charge is -2.20. The van der Waals surface area contributed by atoms with Crippen LogP contribution in [0.15, 0.2) is 52.3 Å². The molecule has 0 radical (unpaired) electrons. The highest BCUT2D eigenvalue weighted by molar-refractivity contribution is 5.87. The Morgan fingerprint density at radius 3 is 2.54 bits per heavy atom. The molecule has 37 heavy (non-hydrogen) atoms. The first kappa shape index (κ1) is 23.6. The van der Waals surface area contributed by atoms with Crippen LogP contribution in [0.5, 0.6) is 5.88 Å². The molecule has 5 rings (SSSR count). The van der Waals surface area contributed by atoms with Crippen molar-refractivity contribution >= 4 is 16.7 Å². The van der Waals surface area contributed by atoms with Crippen LogP contribution in [0.1, 0.15) is 12.0 Å². The van der Waals surface area contributed by atoms with E-state index in [1.807, 2.05) is 11.0 Å². The predicted molar refractivity (Wildman–Crippen MR) is 128 cm³/mol. The largest absolute Gasteiger partial charge is 0.480 e. The van der Waals surface area contributed by atoms with Gasteiger partial charge in [-0.1, -0.05) is 0 Å². The lowest BCUT2D eigenvalue weighted by molar-refractivity contribution is 0.402. The first-order valence-corrected chi connectivity index (χ1v) is 11.1. The summed E-state index contributed by atoms with van der Waals surface area (Å²) in [4.78, 5) is 37.7. The maximum absolute atomic E-state index is 14.3. The minimum atomic E-state index is -1.19. The molecule has 4 heterocycles. The van der Waals surface area contributed by atoms with E-state index in [4.69, 9.17) is 4.74 Å². The van der Waals surface area contributed by atoms with Crippen LogP contribution < -0.4 is 20.9 Å². The van der Waals surface area contributed by atoms with Crippen molar-refractivity contribution in [2.24, 2.45) is 5.92 Å². The van der Waals surface area contributed by atoms with Gasteiger partial charge in [-0.2, -0.15) is 15.5 Å². The van der Waals surface area contributed by atoms with Gasteiger partial charge in [0.2, 0.25) is 5.88 Å². The SMILES string of the molecule is COc1nc(N2CC[C@@H](C#N)C2)cc2c1c(=O)n(-c1cncc(C#N)c1)c(=O)n2-c1ccc(F)c(F)c1. The summed E-state index contributed by atoms with van der Waals surface area (Å²) in [7, 11) is 1.31. The van der Waals surface area contributed by atoms with E-state index in [-0.39, 0.29) is 39.6 Å². The smallest absolute Gasteiger partial charge is 0.340 e. The van der Waals surface area contributed by atoms with Crippen LogP contribution in [-0.4, -0.2) is 39.3 Å². The molecule has 1 saturated heterocycles. The normalized spacial score (nSPS) is 14.9. The molecule has 0 spiro atoms. The van der Waals surface area contributed by atoms with Gasteiger partial charge in [0.15, 0.2) is 11.6 Å². The summed E-state index contributed by atoms with van der Waals surface area (Å²) in [5, 5.41) is 18.5. The number of pyridine rings is 2. The number of benzene rings is 1. The Kier molecular flexibility index (Phi) is 5.85. The fourth-order valence-electron chi connectivity index (χ4n) is 4.37. The standard InChI is InChI=1S/C25H17F2N7O3/c1-37-23-22-20(8-21(31-23)32-5-4-14(9-28)13-32)33(16-2-3-18(26)19(27)7-16)25(36)34(24(22)35)17-6-15(10-29)11-30-12-17/h2-3,6-8,11-12,14H,4-5,13H2,1H3/t14-/m0/s1. The van der Waals surface area contributed by atoms with E-state index >= 15 is 0 Å². The number of aromatic nitrogens is 4. The van der Waals surface area contributed by atoms with E-state index in [0.29, 0.717) is 25.3 Å². The fraction of sp³-hybridized carbons (Fsp3) is 0.200. The zero-order valence-corrected chi connectivity index (χ0v) is 19.4. The zero-order valence-electron chi connectivity index (χ0n) is 19.4. The lowest BCUT2D eigenvalue weighted by Crippen LogP contribution is -2.39. The van der Waals surface area contributed by atoms with Crippen LogP contribution in [0.4, 0.5) is 14.6 Å². The Balaban J connectivity index is 1.90. The van der Waals surface area contributed by atoms with E-state index in [1.54, 1.807) is 0 Å². The Bertz CT molecular complexity index is 1770. The van der Waals surface area contributed by atoms with E-state index in [2.05, 4.69) is 16.0 Å². The number of anilines is 1. The molecule has 0 N–H and O–H groups in total. The van der Waals surface area contributed by atoms with Crippen molar-refractivity contribution in [3.8, 4) is 29.4 Å². The molecule has 0 aliphatic carbocycles. The van der Waals surface area contributed by atoms with Crippen LogP contribution in [-0.2, 0) is 0 Å². The molecule has 3 aromatic heterocycles. The number of nitriles is 2. The van der Waals surface area contributed by atoms with Gasteiger partial charge in [-0.15, -0.1) is 0 Å². The molecule has 1 atom stereocenters. The summed E-state index contributed by atoms with van der Waals surface area (Å²) in [6.45, 7) is 0.899. The molecule has 1 fully saturated rings. The van der Waals surface area contributed by atoms with E-state index in [0.717, 1.165) is 21.3 Å². The lowest BCUT2D eigenvalue weighted by atomic mass is 10.1. The average molecular weight is 501 g/mol. The number of rotatable bonds is 4. The number of halogens is 2. The van der Waals surface area contributed by atoms with Crippen molar-refractivity contribution in [2.75, 3.05) is 25.1 Å². The van der Waals surface area contributed by atoms with Gasteiger partial charge in [0.05, 0.1) is 47.7 Å². The third-order valence-electron chi connectivity index (χ3n) is 6.15. The van der Waals surface area contributed by atoms with Crippen molar-refractivity contribution in [1.82, 2.24) is 19.1 Å². The summed E-state index contributed by atoms with van der Waals surface area (Å²) in [5.74, 6) is -2.28. The first-order valence-electron chi connectivity index (χ1n) is 11.1. The second-order valence-corrected chi connectivity index (χ2v) is 8.35. The predicted octanol–water partition coefficient (Wildman–Crippen LogP) is 2.44. The third-order valence-corrected chi connectivity index (χ3v) is 6.15. The molecule has 10 nitrogen and oxygen atoms in total. The van der Waals surface area contributed by atoms with Crippen molar-refractivity contribution in [3.05, 3.63) is 80.8 Å². The minimum absolute atomic E-state index is 0.00480. The molecule has 0 amide bonds. The van der Waals surface area contributed by atoms with Gasteiger partial charge in [0, 0.05) is 31.4 Å². The van der Waals surface area contributed by atoms with Gasteiger partial charge in [-0.25, -0.2) is 18.1 Å². The van der Waals surface area contributed by atoms with E-state index in [9.17, 15) is 28.9 Å². The fourth-order valence-corrected chi connectivity index (χ4v) is 4.37. The summed E-state index contributed by atoms with van der Waals surface area (Å²) < 4.78 is 35.3. The number of hydrogen-bond donors (Lipinski definition) is 0. The van der Waals surface area contributed by atoms with Crippen molar-refractivity contribution in [1.29, 1.82) is 10.5 Å². The molecule has 1 aromatic carbocycles. The zero-order chi connectivity index (χ0) is 26.3. The molecule has 12 heteroatoms. The van der Waals surface area contributed by atoms with Crippen molar-refractivity contribution < 1.29 is 13.5 Å². The van der Waals surface area contributed by atoms with Crippen LogP contribution in [0.25, 0.3) is 22.3 Å². The topological polar surface area (TPSA) is 130 Å². The highest BCUT2D eigenvalue weighted by atomic mass is 19.2. The maximum atomic E-state index is 14.3. The summed E-state index contributed by atoms with van der Waals surface area (Å²) >= 11 is 0. The molecule has 0 bridgehead atoms. The summed E-state index contributed by atoms with van der Waals surface area (Å²) in [6, 6.07) is 9.81. The second kappa shape index (κ2) is 9.17.